The lowest BCUT2D eigenvalue weighted by Gasteiger charge is -2.08. The van der Waals surface area contributed by atoms with Crippen LogP contribution in [0.2, 0.25) is 0 Å². The van der Waals surface area contributed by atoms with Gasteiger partial charge in [-0.2, -0.15) is 0 Å². The highest BCUT2D eigenvalue weighted by atomic mass is 32.2. The van der Waals surface area contributed by atoms with Gasteiger partial charge in [-0.25, -0.2) is 0 Å². The van der Waals surface area contributed by atoms with Crippen molar-refractivity contribution in [3.63, 3.8) is 0 Å². The Hall–Kier alpha value is -0.750. The standard InChI is InChI=1S/C7H12N2O3S/c10-6(11)1-2-8-7(12)5-3-13-4-9-5/h5,9H,1-4H2,(H,8,12)(H,10,11). The maximum absolute atomic E-state index is 11.2. The van der Waals surface area contributed by atoms with Gasteiger partial charge in [0.1, 0.15) is 0 Å². The van der Waals surface area contributed by atoms with E-state index in [0.29, 0.717) is 0 Å². The van der Waals surface area contributed by atoms with Gasteiger partial charge in [-0.15, -0.1) is 11.8 Å². The molecule has 74 valence electrons. The maximum Gasteiger partial charge on any atom is 0.305 e. The monoisotopic (exact) mass is 204 g/mol. The van der Waals surface area contributed by atoms with Gasteiger partial charge in [-0.1, -0.05) is 0 Å². The second-order valence-electron chi connectivity index (χ2n) is 2.71. The first-order valence-electron chi connectivity index (χ1n) is 4.01. The number of hydrogen-bond donors (Lipinski definition) is 3. The van der Waals surface area contributed by atoms with Crippen LogP contribution < -0.4 is 10.6 Å². The number of carboxylic acid groups (broad SMARTS) is 1. The summed E-state index contributed by atoms with van der Waals surface area (Å²) in [5, 5.41) is 13.9. The molecule has 0 aromatic heterocycles. The number of carbonyl (C=O) groups is 2. The molecule has 1 saturated heterocycles. The topological polar surface area (TPSA) is 78.4 Å². The molecule has 0 aromatic rings. The second kappa shape index (κ2) is 5.08. The van der Waals surface area contributed by atoms with Crippen molar-refractivity contribution in [2.75, 3.05) is 18.2 Å². The first-order valence-corrected chi connectivity index (χ1v) is 5.16. The minimum absolute atomic E-state index is 0.0222. The predicted molar refractivity (Wildman–Crippen MR) is 49.5 cm³/mol. The molecular weight excluding hydrogens is 192 g/mol. The number of amides is 1. The van der Waals surface area contributed by atoms with Gasteiger partial charge in [-0.05, 0) is 0 Å². The zero-order chi connectivity index (χ0) is 9.68. The van der Waals surface area contributed by atoms with Crippen LogP contribution in [0.15, 0.2) is 0 Å². The summed E-state index contributed by atoms with van der Waals surface area (Å²) in [4.78, 5) is 21.4. The van der Waals surface area contributed by atoms with E-state index in [1.165, 1.54) is 0 Å². The van der Waals surface area contributed by atoms with Gasteiger partial charge in [0.2, 0.25) is 5.91 Å². The highest BCUT2D eigenvalue weighted by Gasteiger charge is 2.21. The van der Waals surface area contributed by atoms with Crippen LogP contribution in [0.1, 0.15) is 6.42 Å². The Morgan fingerprint density at radius 1 is 1.62 bits per heavy atom. The first kappa shape index (κ1) is 10.3. The molecule has 5 nitrogen and oxygen atoms in total. The quantitative estimate of drug-likeness (QED) is 0.561. The second-order valence-corrected chi connectivity index (χ2v) is 3.74. The largest absolute Gasteiger partial charge is 0.481 e. The molecule has 0 spiro atoms. The third-order valence-electron chi connectivity index (χ3n) is 1.67. The van der Waals surface area contributed by atoms with Crippen LogP contribution in [0.25, 0.3) is 0 Å². The van der Waals surface area contributed by atoms with Crippen LogP contribution in [0.3, 0.4) is 0 Å². The van der Waals surface area contributed by atoms with E-state index in [1.54, 1.807) is 11.8 Å². The maximum atomic E-state index is 11.2. The van der Waals surface area contributed by atoms with Crippen molar-refractivity contribution in [2.45, 2.75) is 12.5 Å². The molecule has 1 atom stereocenters. The molecule has 1 unspecified atom stereocenters. The lowest BCUT2D eigenvalue weighted by molar-refractivity contribution is -0.136. The van der Waals surface area contributed by atoms with Crippen LogP contribution in [-0.2, 0) is 9.59 Å². The van der Waals surface area contributed by atoms with E-state index in [9.17, 15) is 9.59 Å². The molecule has 6 heteroatoms. The zero-order valence-corrected chi connectivity index (χ0v) is 7.89. The Morgan fingerprint density at radius 3 is 2.92 bits per heavy atom. The van der Waals surface area contributed by atoms with Crippen molar-refractivity contribution in [2.24, 2.45) is 0 Å². The van der Waals surface area contributed by atoms with Crippen molar-refractivity contribution in [3.8, 4) is 0 Å². The highest BCUT2D eigenvalue weighted by molar-refractivity contribution is 7.99. The van der Waals surface area contributed by atoms with Gasteiger partial charge in [0.15, 0.2) is 0 Å². The van der Waals surface area contributed by atoms with Crippen LogP contribution in [0.5, 0.6) is 0 Å². The summed E-state index contributed by atoms with van der Waals surface area (Å²) in [6.45, 7) is 0.205. The van der Waals surface area contributed by atoms with Crippen molar-refractivity contribution in [1.29, 1.82) is 0 Å². The Labute approximate surface area is 80.3 Å². The molecule has 13 heavy (non-hydrogen) atoms. The van der Waals surface area contributed by atoms with Gasteiger partial charge in [0.25, 0.3) is 0 Å². The molecule has 0 bridgehead atoms. The lowest BCUT2D eigenvalue weighted by atomic mass is 10.3. The van der Waals surface area contributed by atoms with Gasteiger partial charge >= 0.3 is 5.97 Å². The van der Waals surface area contributed by atoms with Crippen LogP contribution in [-0.4, -0.2) is 41.2 Å². The van der Waals surface area contributed by atoms with Crippen molar-refractivity contribution in [1.82, 2.24) is 10.6 Å². The average molecular weight is 204 g/mol. The molecule has 1 heterocycles. The Balaban J connectivity index is 2.13. The summed E-state index contributed by atoms with van der Waals surface area (Å²) >= 11 is 1.66. The molecule has 0 aliphatic carbocycles. The van der Waals surface area contributed by atoms with E-state index >= 15 is 0 Å². The fourth-order valence-corrected chi connectivity index (χ4v) is 1.92. The Kier molecular flexibility index (Phi) is 4.04. The molecule has 1 fully saturated rings. The van der Waals surface area contributed by atoms with E-state index in [4.69, 9.17) is 5.11 Å². The van der Waals surface area contributed by atoms with Gasteiger partial charge in [0, 0.05) is 18.2 Å². The van der Waals surface area contributed by atoms with Crippen molar-refractivity contribution >= 4 is 23.6 Å². The fourth-order valence-electron chi connectivity index (χ4n) is 0.979. The average Bonchev–Trinajstić information content (AvgIpc) is 2.55. The smallest absolute Gasteiger partial charge is 0.305 e. The molecular formula is C7H12N2O3S. The molecule has 1 rings (SSSR count). The lowest BCUT2D eigenvalue weighted by Crippen LogP contribution is -2.42. The zero-order valence-electron chi connectivity index (χ0n) is 7.08. The molecule has 1 aliphatic rings. The summed E-state index contributed by atoms with van der Waals surface area (Å²) in [7, 11) is 0. The number of thioether (sulfide) groups is 1. The summed E-state index contributed by atoms with van der Waals surface area (Å²) in [5.74, 6) is 0.552. The van der Waals surface area contributed by atoms with Gasteiger partial charge < -0.3 is 10.4 Å². The third-order valence-corrected chi connectivity index (χ3v) is 2.61. The highest BCUT2D eigenvalue weighted by Crippen LogP contribution is 2.08. The van der Waals surface area contributed by atoms with E-state index < -0.39 is 5.97 Å². The summed E-state index contributed by atoms with van der Waals surface area (Å²) in [5.41, 5.74) is 0. The predicted octanol–water partition coefficient (Wildman–Crippen LogP) is -0.760. The van der Waals surface area contributed by atoms with E-state index in [2.05, 4.69) is 10.6 Å². The summed E-state index contributed by atoms with van der Waals surface area (Å²) in [6.07, 6.45) is -0.0222. The Bertz CT molecular complexity index is 204. The van der Waals surface area contributed by atoms with Gasteiger partial charge in [0.05, 0.1) is 12.5 Å². The fraction of sp³-hybridized carbons (Fsp3) is 0.714. The van der Waals surface area contributed by atoms with Crippen LogP contribution in [0, 0.1) is 0 Å². The molecule has 1 aliphatic heterocycles. The molecule has 0 aromatic carbocycles. The minimum Gasteiger partial charge on any atom is -0.481 e. The minimum atomic E-state index is -0.894. The molecule has 0 saturated carbocycles. The van der Waals surface area contributed by atoms with Crippen LogP contribution in [0.4, 0.5) is 0 Å². The SMILES string of the molecule is O=C(O)CCNC(=O)C1CSCN1. The van der Waals surface area contributed by atoms with Crippen molar-refractivity contribution in [3.05, 3.63) is 0 Å². The molecule has 0 radical (unpaired) electrons. The number of nitrogens with one attached hydrogen (secondary N) is 2. The molecule has 1 amide bonds. The van der Waals surface area contributed by atoms with E-state index in [0.717, 1.165) is 11.6 Å². The van der Waals surface area contributed by atoms with Gasteiger partial charge in [-0.3, -0.25) is 14.9 Å². The number of hydrogen-bond acceptors (Lipinski definition) is 4. The number of carboxylic acids is 1. The normalized spacial score (nSPS) is 21.4. The van der Waals surface area contributed by atoms with E-state index in [-0.39, 0.29) is 24.9 Å². The Morgan fingerprint density at radius 2 is 2.38 bits per heavy atom. The van der Waals surface area contributed by atoms with Crippen LogP contribution >= 0.6 is 11.8 Å². The third kappa shape index (κ3) is 3.65. The van der Waals surface area contributed by atoms with E-state index in [1.807, 2.05) is 0 Å². The number of rotatable bonds is 4. The number of carbonyl (C=O) groups excluding carboxylic acids is 1. The van der Waals surface area contributed by atoms with Crippen molar-refractivity contribution < 1.29 is 14.7 Å². The first-order chi connectivity index (χ1) is 6.20. The number of aliphatic carboxylic acids is 1. The summed E-state index contributed by atoms with van der Waals surface area (Å²) in [6, 6.07) is -0.154. The summed E-state index contributed by atoms with van der Waals surface area (Å²) < 4.78 is 0. The molecule has 3 N–H and O–H groups in total.